The van der Waals surface area contributed by atoms with Gasteiger partial charge in [-0.1, -0.05) is 72.8 Å². The molecule has 28 heavy (non-hydrogen) atoms. The molecule has 1 fully saturated rings. The van der Waals surface area contributed by atoms with Gasteiger partial charge in [0.2, 0.25) is 0 Å². The third-order valence-electron chi connectivity index (χ3n) is 6.02. The van der Waals surface area contributed by atoms with E-state index in [-0.39, 0.29) is 6.04 Å². The van der Waals surface area contributed by atoms with Crippen molar-refractivity contribution in [3.8, 4) is 5.75 Å². The van der Waals surface area contributed by atoms with Gasteiger partial charge in [-0.25, -0.2) is 0 Å². The maximum Gasteiger partial charge on any atom is 0.130 e. The molecule has 1 aliphatic heterocycles. The molecule has 3 nitrogen and oxygen atoms in total. The molecular formula is C25H27NO2. The average Bonchev–Trinajstić information content (AvgIpc) is 3.20. The first-order valence-corrected chi connectivity index (χ1v) is 9.95. The predicted octanol–water partition coefficient (Wildman–Crippen LogP) is 4.60. The summed E-state index contributed by atoms with van der Waals surface area (Å²) >= 11 is 0. The van der Waals surface area contributed by atoms with Crippen LogP contribution in [0.2, 0.25) is 0 Å². The lowest BCUT2D eigenvalue weighted by Crippen LogP contribution is -2.48. The standard InChI is InChI=1S/C25H27NO2/c1-19-10-8-15-23(27)22(19)18-26-17-9-16-24(26)25(28,20-11-4-2-5-12-20)21-13-6-3-7-14-21/h2-8,10-15,24,27-28H,9,16-18H2,1H3/t24-/m1/s1. The SMILES string of the molecule is Cc1cccc(O)c1CN1CCC[C@@H]1C(O)(c1ccccc1)c1ccccc1. The number of aromatic hydroxyl groups is 1. The van der Waals surface area contributed by atoms with Gasteiger partial charge in [0.25, 0.3) is 0 Å². The normalized spacial score (nSPS) is 17.7. The van der Waals surface area contributed by atoms with Crippen molar-refractivity contribution in [2.45, 2.75) is 38.0 Å². The zero-order valence-corrected chi connectivity index (χ0v) is 16.3. The van der Waals surface area contributed by atoms with Gasteiger partial charge in [0.05, 0.1) is 0 Å². The molecule has 0 radical (unpaired) electrons. The number of aryl methyl sites for hydroxylation is 1. The summed E-state index contributed by atoms with van der Waals surface area (Å²) in [5, 5.41) is 22.5. The van der Waals surface area contributed by atoms with E-state index in [1.165, 1.54) is 0 Å². The van der Waals surface area contributed by atoms with E-state index < -0.39 is 5.60 Å². The second-order valence-electron chi connectivity index (χ2n) is 7.70. The topological polar surface area (TPSA) is 43.7 Å². The third-order valence-corrected chi connectivity index (χ3v) is 6.02. The number of hydrogen-bond acceptors (Lipinski definition) is 3. The number of likely N-dealkylation sites (tertiary alicyclic amines) is 1. The van der Waals surface area contributed by atoms with E-state index in [1.807, 2.05) is 79.7 Å². The third kappa shape index (κ3) is 3.32. The average molecular weight is 373 g/mol. The van der Waals surface area contributed by atoms with Crippen LogP contribution in [0.1, 0.15) is 35.1 Å². The molecule has 0 amide bonds. The number of phenolic OH excluding ortho intramolecular Hbond substituents is 1. The van der Waals surface area contributed by atoms with Gasteiger partial charge < -0.3 is 10.2 Å². The van der Waals surface area contributed by atoms with Gasteiger partial charge in [0, 0.05) is 18.2 Å². The molecule has 1 aliphatic rings. The van der Waals surface area contributed by atoms with Crippen molar-refractivity contribution < 1.29 is 10.2 Å². The number of aliphatic hydroxyl groups is 1. The molecule has 1 atom stereocenters. The van der Waals surface area contributed by atoms with Crippen molar-refractivity contribution in [2.24, 2.45) is 0 Å². The highest BCUT2D eigenvalue weighted by Gasteiger charge is 2.45. The van der Waals surface area contributed by atoms with E-state index in [4.69, 9.17) is 0 Å². The lowest BCUT2D eigenvalue weighted by atomic mass is 9.79. The zero-order chi connectivity index (χ0) is 19.6. The van der Waals surface area contributed by atoms with Crippen LogP contribution in [0.3, 0.4) is 0 Å². The Labute approximate surface area is 166 Å². The summed E-state index contributed by atoms with van der Waals surface area (Å²) in [4.78, 5) is 2.32. The summed E-state index contributed by atoms with van der Waals surface area (Å²) in [6, 6.07) is 25.5. The lowest BCUT2D eigenvalue weighted by Gasteiger charge is -2.40. The lowest BCUT2D eigenvalue weighted by molar-refractivity contribution is -0.00678. The summed E-state index contributed by atoms with van der Waals surface area (Å²) in [6.45, 7) is 3.56. The first kappa shape index (κ1) is 18.7. The number of nitrogens with zero attached hydrogens (tertiary/aromatic N) is 1. The highest BCUT2D eigenvalue weighted by molar-refractivity contribution is 5.41. The second-order valence-corrected chi connectivity index (χ2v) is 7.70. The van der Waals surface area contributed by atoms with Crippen LogP contribution in [0.15, 0.2) is 78.9 Å². The van der Waals surface area contributed by atoms with Crippen molar-refractivity contribution in [1.29, 1.82) is 0 Å². The Kier molecular flexibility index (Phi) is 5.21. The van der Waals surface area contributed by atoms with Crippen LogP contribution in [-0.4, -0.2) is 27.7 Å². The largest absolute Gasteiger partial charge is 0.508 e. The quantitative estimate of drug-likeness (QED) is 0.687. The summed E-state index contributed by atoms with van der Waals surface area (Å²) in [6.07, 6.45) is 1.94. The van der Waals surface area contributed by atoms with Gasteiger partial charge in [-0.05, 0) is 49.1 Å². The molecule has 0 saturated carbocycles. The summed E-state index contributed by atoms with van der Waals surface area (Å²) in [7, 11) is 0. The van der Waals surface area contributed by atoms with E-state index in [0.717, 1.165) is 41.6 Å². The fourth-order valence-electron chi connectivity index (χ4n) is 4.52. The van der Waals surface area contributed by atoms with E-state index in [0.29, 0.717) is 12.3 Å². The van der Waals surface area contributed by atoms with E-state index >= 15 is 0 Å². The Morgan fingerprint density at radius 2 is 1.50 bits per heavy atom. The monoisotopic (exact) mass is 373 g/mol. The minimum absolute atomic E-state index is 0.0590. The molecule has 2 N–H and O–H groups in total. The van der Waals surface area contributed by atoms with Crippen LogP contribution >= 0.6 is 0 Å². The molecule has 144 valence electrons. The van der Waals surface area contributed by atoms with Gasteiger partial charge in [-0.2, -0.15) is 0 Å². The molecule has 0 unspecified atom stereocenters. The highest BCUT2D eigenvalue weighted by Crippen LogP contribution is 2.41. The molecular weight excluding hydrogens is 346 g/mol. The van der Waals surface area contributed by atoms with Crippen molar-refractivity contribution in [3.63, 3.8) is 0 Å². The zero-order valence-electron chi connectivity index (χ0n) is 16.3. The molecule has 0 aromatic heterocycles. The Morgan fingerprint density at radius 1 is 0.893 bits per heavy atom. The Morgan fingerprint density at radius 3 is 2.07 bits per heavy atom. The second kappa shape index (κ2) is 7.78. The predicted molar refractivity (Wildman–Crippen MR) is 112 cm³/mol. The van der Waals surface area contributed by atoms with Gasteiger partial charge in [-0.15, -0.1) is 0 Å². The highest BCUT2D eigenvalue weighted by atomic mass is 16.3. The summed E-state index contributed by atoms with van der Waals surface area (Å²) in [5.41, 5.74) is 2.74. The van der Waals surface area contributed by atoms with Gasteiger partial charge in [0.15, 0.2) is 0 Å². The maximum atomic E-state index is 12.1. The molecule has 3 aromatic carbocycles. The fourth-order valence-corrected chi connectivity index (χ4v) is 4.52. The van der Waals surface area contributed by atoms with Crippen molar-refractivity contribution in [2.75, 3.05) is 6.54 Å². The Bertz CT molecular complexity index is 864. The van der Waals surface area contributed by atoms with E-state index in [2.05, 4.69) is 4.90 Å². The number of rotatable bonds is 5. The molecule has 0 spiro atoms. The number of phenols is 1. The van der Waals surface area contributed by atoms with Crippen LogP contribution in [0.4, 0.5) is 0 Å². The molecule has 0 aliphatic carbocycles. The molecule has 1 saturated heterocycles. The maximum absolute atomic E-state index is 12.1. The first-order chi connectivity index (χ1) is 13.6. The molecule has 3 heteroatoms. The van der Waals surface area contributed by atoms with Gasteiger partial charge >= 0.3 is 0 Å². The molecule has 4 rings (SSSR count). The van der Waals surface area contributed by atoms with Crippen LogP contribution in [0.25, 0.3) is 0 Å². The van der Waals surface area contributed by atoms with Crippen LogP contribution in [-0.2, 0) is 12.1 Å². The van der Waals surface area contributed by atoms with Crippen LogP contribution in [0, 0.1) is 6.92 Å². The molecule has 3 aromatic rings. The van der Waals surface area contributed by atoms with Gasteiger partial charge in [-0.3, -0.25) is 4.90 Å². The van der Waals surface area contributed by atoms with E-state index in [9.17, 15) is 10.2 Å². The Balaban J connectivity index is 1.76. The summed E-state index contributed by atoms with van der Waals surface area (Å²) < 4.78 is 0. The van der Waals surface area contributed by atoms with Crippen molar-refractivity contribution in [1.82, 2.24) is 4.90 Å². The summed E-state index contributed by atoms with van der Waals surface area (Å²) in [5.74, 6) is 0.327. The number of hydrogen-bond donors (Lipinski definition) is 2. The fraction of sp³-hybridized carbons (Fsp3) is 0.280. The van der Waals surface area contributed by atoms with Gasteiger partial charge in [0.1, 0.15) is 11.4 Å². The van der Waals surface area contributed by atoms with Crippen molar-refractivity contribution in [3.05, 3.63) is 101 Å². The molecule has 1 heterocycles. The van der Waals surface area contributed by atoms with Crippen LogP contribution in [0.5, 0.6) is 5.75 Å². The van der Waals surface area contributed by atoms with Crippen molar-refractivity contribution >= 4 is 0 Å². The minimum atomic E-state index is -1.10. The van der Waals surface area contributed by atoms with Crippen LogP contribution < -0.4 is 0 Å². The number of benzene rings is 3. The molecule has 0 bridgehead atoms. The minimum Gasteiger partial charge on any atom is -0.508 e. The Hall–Kier alpha value is -2.62. The smallest absolute Gasteiger partial charge is 0.130 e. The first-order valence-electron chi connectivity index (χ1n) is 9.95. The van der Waals surface area contributed by atoms with E-state index in [1.54, 1.807) is 6.07 Å².